The van der Waals surface area contributed by atoms with E-state index in [0.29, 0.717) is 22.8 Å². The van der Waals surface area contributed by atoms with Gasteiger partial charge in [0.05, 0.1) is 23.3 Å². The molecule has 7 nitrogen and oxygen atoms in total. The Bertz CT molecular complexity index is 1150. The van der Waals surface area contributed by atoms with Gasteiger partial charge in [-0.1, -0.05) is 23.2 Å². The molecule has 0 aliphatic heterocycles. The highest BCUT2D eigenvalue weighted by atomic mass is 35.5. The van der Waals surface area contributed by atoms with E-state index in [2.05, 4.69) is 4.72 Å². The minimum Gasteiger partial charge on any atom is -0.495 e. The Labute approximate surface area is 159 Å². The van der Waals surface area contributed by atoms with Gasteiger partial charge in [-0.3, -0.25) is 9.29 Å². The number of nitrogens with one attached hydrogen (secondary N) is 1. The van der Waals surface area contributed by atoms with Crippen LogP contribution in [0.25, 0.3) is 11.1 Å². The van der Waals surface area contributed by atoms with Crippen LogP contribution in [0.4, 0.5) is 5.69 Å². The highest BCUT2D eigenvalue weighted by Crippen LogP contribution is 2.33. The summed E-state index contributed by atoms with van der Waals surface area (Å²) in [5.74, 6) is -0.290. The fourth-order valence-electron chi connectivity index (χ4n) is 2.53. The predicted octanol–water partition coefficient (Wildman–Crippen LogP) is 3.73. The maximum atomic E-state index is 12.8. The van der Waals surface area contributed by atoms with Gasteiger partial charge in [0.15, 0.2) is 5.58 Å². The highest BCUT2D eigenvalue weighted by Gasteiger charge is 2.23. The zero-order valence-electron chi connectivity index (χ0n) is 13.7. The van der Waals surface area contributed by atoms with Crippen LogP contribution < -0.4 is 15.2 Å². The van der Waals surface area contributed by atoms with Crippen LogP contribution in [0.5, 0.6) is 5.75 Å². The van der Waals surface area contributed by atoms with Gasteiger partial charge < -0.3 is 9.15 Å². The van der Waals surface area contributed by atoms with Crippen LogP contribution in [0.15, 0.2) is 44.4 Å². The fourth-order valence-corrected chi connectivity index (χ4v) is 4.30. The molecule has 0 amide bonds. The van der Waals surface area contributed by atoms with Gasteiger partial charge in [0.1, 0.15) is 10.6 Å². The van der Waals surface area contributed by atoms with Gasteiger partial charge in [0.2, 0.25) is 0 Å². The third-order valence-corrected chi connectivity index (χ3v) is 5.80. The van der Waals surface area contributed by atoms with Gasteiger partial charge in [0.25, 0.3) is 10.0 Å². The Morgan fingerprint density at radius 1 is 1.23 bits per heavy atom. The third kappa shape index (κ3) is 3.27. The summed E-state index contributed by atoms with van der Waals surface area (Å²) in [6, 6.07) is 7.13. The summed E-state index contributed by atoms with van der Waals surface area (Å²) < 4.78 is 39.6. The summed E-state index contributed by atoms with van der Waals surface area (Å²) in [5.41, 5.74) is 0.706. The number of halogens is 2. The molecule has 10 heteroatoms. The van der Waals surface area contributed by atoms with Crippen molar-refractivity contribution in [3.05, 3.63) is 50.9 Å². The van der Waals surface area contributed by atoms with Crippen LogP contribution in [0.1, 0.15) is 6.92 Å². The number of anilines is 1. The number of sulfonamides is 1. The zero-order chi connectivity index (χ0) is 19.1. The SMILES string of the molecule is CCn1c(=O)oc2cc(Cl)c(S(=O)(=O)Nc3cc(Cl)ccc3OC)cc21. The molecule has 0 atom stereocenters. The molecule has 0 saturated carbocycles. The summed E-state index contributed by atoms with van der Waals surface area (Å²) in [7, 11) is -2.67. The molecule has 0 aliphatic rings. The first kappa shape index (κ1) is 18.6. The maximum Gasteiger partial charge on any atom is 0.419 e. The summed E-state index contributed by atoms with van der Waals surface area (Å²) in [6.07, 6.45) is 0. The molecule has 1 heterocycles. The van der Waals surface area contributed by atoms with Gasteiger partial charge in [0, 0.05) is 17.6 Å². The summed E-state index contributed by atoms with van der Waals surface area (Å²) in [4.78, 5) is 11.6. The van der Waals surface area contributed by atoms with E-state index >= 15 is 0 Å². The lowest BCUT2D eigenvalue weighted by Crippen LogP contribution is -2.15. The largest absolute Gasteiger partial charge is 0.495 e. The summed E-state index contributed by atoms with van der Waals surface area (Å²) in [5, 5.41) is 0.253. The molecule has 26 heavy (non-hydrogen) atoms. The number of aromatic nitrogens is 1. The van der Waals surface area contributed by atoms with Gasteiger partial charge in [-0.25, -0.2) is 13.2 Å². The molecule has 1 N–H and O–H groups in total. The molecule has 0 unspecified atom stereocenters. The molecule has 0 spiro atoms. The predicted molar refractivity (Wildman–Crippen MR) is 100.0 cm³/mol. The molecular formula is C16H14Cl2N2O5S. The van der Waals surface area contributed by atoms with Crippen molar-refractivity contribution < 1.29 is 17.6 Å². The second-order valence-electron chi connectivity index (χ2n) is 5.31. The standard InChI is InChI=1S/C16H14Cl2N2O5S/c1-3-20-12-8-15(10(18)7-14(12)25-16(20)21)26(22,23)19-11-6-9(17)4-5-13(11)24-2/h4-8,19H,3H2,1-2H3. The molecule has 1 aromatic heterocycles. The molecule has 0 radical (unpaired) electrons. The minimum atomic E-state index is -4.08. The first-order valence-electron chi connectivity index (χ1n) is 7.46. The van der Waals surface area contributed by atoms with E-state index < -0.39 is 15.8 Å². The lowest BCUT2D eigenvalue weighted by atomic mass is 10.3. The minimum absolute atomic E-state index is 0.0806. The van der Waals surface area contributed by atoms with Crippen molar-refractivity contribution in [2.45, 2.75) is 18.4 Å². The second kappa shape index (κ2) is 6.86. The second-order valence-corrected chi connectivity index (χ2v) is 7.81. The van der Waals surface area contributed by atoms with Crippen LogP contribution in [0, 0.1) is 0 Å². The Morgan fingerprint density at radius 3 is 2.62 bits per heavy atom. The number of ether oxygens (including phenoxy) is 1. The van der Waals surface area contributed by atoms with E-state index in [4.69, 9.17) is 32.4 Å². The van der Waals surface area contributed by atoms with Gasteiger partial charge in [-0.05, 0) is 31.2 Å². The smallest absolute Gasteiger partial charge is 0.419 e. The first-order valence-corrected chi connectivity index (χ1v) is 9.70. The Hall–Kier alpha value is -2.16. The zero-order valence-corrected chi connectivity index (χ0v) is 16.1. The van der Waals surface area contributed by atoms with Crippen molar-refractivity contribution in [2.75, 3.05) is 11.8 Å². The normalized spacial score (nSPS) is 11.7. The highest BCUT2D eigenvalue weighted by molar-refractivity contribution is 7.92. The van der Waals surface area contributed by atoms with Crippen LogP contribution in [-0.4, -0.2) is 20.1 Å². The lowest BCUT2D eigenvalue weighted by molar-refractivity contribution is 0.417. The number of rotatable bonds is 5. The number of fused-ring (bicyclic) bond motifs is 1. The van der Waals surface area contributed by atoms with E-state index in [1.54, 1.807) is 13.0 Å². The monoisotopic (exact) mass is 416 g/mol. The molecule has 3 rings (SSSR count). The molecule has 138 valence electrons. The molecular weight excluding hydrogens is 403 g/mol. The van der Waals surface area contributed by atoms with Crippen LogP contribution in [0.3, 0.4) is 0 Å². The Kier molecular flexibility index (Phi) is 4.92. The summed E-state index contributed by atoms with van der Waals surface area (Å²) in [6.45, 7) is 2.07. The lowest BCUT2D eigenvalue weighted by Gasteiger charge is -2.13. The van der Waals surface area contributed by atoms with Gasteiger partial charge in [-0.15, -0.1) is 0 Å². The van der Waals surface area contributed by atoms with Crippen molar-refractivity contribution in [1.82, 2.24) is 4.57 Å². The van der Waals surface area contributed by atoms with E-state index in [9.17, 15) is 13.2 Å². The van der Waals surface area contributed by atoms with E-state index in [1.165, 1.54) is 35.9 Å². The van der Waals surface area contributed by atoms with E-state index in [0.717, 1.165) is 0 Å². The molecule has 0 aliphatic carbocycles. The average molecular weight is 417 g/mol. The summed E-state index contributed by atoms with van der Waals surface area (Å²) >= 11 is 12.0. The van der Waals surface area contributed by atoms with Crippen LogP contribution >= 0.6 is 23.2 Å². The van der Waals surface area contributed by atoms with E-state index in [1.807, 2.05) is 0 Å². The van der Waals surface area contributed by atoms with Crippen LogP contribution in [0.2, 0.25) is 10.0 Å². The van der Waals surface area contributed by atoms with Gasteiger partial charge >= 0.3 is 5.76 Å². The Morgan fingerprint density at radius 2 is 1.96 bits per heavy atom. The third-order valence-electron chi connectivity index (χ3n) is 3.73. The topological polar surface area (TPSA) is 90.5 Å². The van der Waals surface area contributed by atoms with Gasteiger partial charge in [-0.2, -0.15) is 0 Å². The van der Waals surface area contributed by atoms with Crippen molar-refractivity contribution in [1.29, 1.82) is 0 Å². The molecule has 2 aromatic carbocycles. The number of benzene rings is 2. The average Bonchev–Trinajstić information content (AvgIpc) is 2.87. The van der Waals surface area contributed by atoms with Crippen LogP contribution in [-0.2, 0) is 16.6 Å². The Balaban J connectivity index is 2.14. The van der Waals surface area contributed by atoms with Crippen molar-refractivity contribution >= 4 is 50.0 Å². The number of methoxy groups -OCH3 is 1. The number of nitrogens with zero attached hydrogens (tertiary/aromatic N) is 1. The molecule has 0 fully saturated rings. The van der Waals surface area contributed by atoms with Crippen molar-refractivity contribution in [3.8, 4) is 5.75 Å². The number of oxazole rings is 1. The number of hydrogen-bond donors (Lipinski definition) is 1. The molecule has 0 saturated heterocycles. The number of hydrogen-bond acceptors (Lipinski definition) is 5. The fraction of sp³-hybridized carbons (Fsp3) is 0.188. The molecule has 0 bridgehead atoms. The maximum absolute atomic E-state index is 12.8. The molecule has 3 aromatic rings. The van der Waals surface area contributed by atoms with Crippen molar-refractivity contribution in [2.24, 2.45) is 0 Å². The number of aryl methyl sites for hydroxylation is 1. The first-order chi connectivity index (χ1) is 12.3. The quantitative estimate of drug-likeness (QED) is 0.683. The van der Waals surface area contributed by atoms with E-state index in [-0.39, 0.29) is 21.2 Å². The van der Waals surface area contributed by atoms with Crippen molar-refractivity contribution in [3.63, 3.8) is 0 Å².